The van der Waals surface area contributed by atoms with Gasteiger partial charge in [-0.15, -0.1) is 0 Å². The molecule has 0 atom stereocenters. The predicted molar refractivity (Wildman–Crippen MR) is 375 cm³/mol. The van der Waals surface area contributed by atoms with Gasteiger partial charge >= 0.3 is 0 Å². The third-order valence-corrected chi connectivity index (χ3v) is 16.1. The number of unbranched alkanes of at least 4 members (excludes halogenated alkanes) is 24. The molecule has 12 nitrogen and oxygen atoms in total. The summed E-state index contributed by atoms with van der Waals surface area (Å²) in [5.74, 6) is 27.4. The summed E-state index contributed by atoms with van der Waals surface area (Å²) in [7, 11) is 0. The third-order valence-electron chi connectivity index (χ3n) is 16.1. The van der Waals surface area contributed by atoms with Crippen molar-refractivity contribution in [3.63, 3.8) is 0 Å². The Morgan fingerprint density at radius 2 is 0.419 bits per heavy atom. The molecule has 0 saturated carbocycles. The van der Waals surface area contributed by atoms with Crippen molar-refractivity contribution in [1.82, 2.24) is 15.0 Å². The number of hydrogen-bond acceptors (Lipinski definition) is 12. The lowest BCUT2D eigenvalue weighted by atomic mass is 10.0. The van der Waals surface area contributed by atoms with Crippen molar-refractivity contribution in [3.8, 4) is 87.3 Å². The third kappa shape index (κ3) is 29.2. The number of benzene rings is 3. The smallest absolute Gasteiger partial charge is 0.162 e. The maximum atomic E-state index is 6.70. The molecule has 3 heterocycles. The molecule has 93 heavy (non-hydrogen) atoms. The van der Waals surface area contributed by atoms with E-state index < -0.39 is 0 Å². The molecule has 0 unspecified atom stereocenters. The average molecular weight is 1260 g/mol. The average Bonchev–Trinajstić information content (AvgIpc) is 0.873. The van der Waals surface area contributed by atoms with E-state index >= 15 is 0 Å². The van der Waals surface area contributed by atoms with E-state index in [0.717, 1.165) is 94.3 Å². The van der Waals surface area contributed by atoms with Crippen molar-refractivity contribution in [2.24, 2.45) is 0 Å². The molecule has 12 heteroatoms. The van der Waals surface area contributed by atoms with Gasteiger partial charge in [-0.3, -0.25) is 15.0 Å². The van der Waals surface area contributed by atoms with Gasteiger partial charge in [0.1, 0.15) is 17.2 Å². The largest absolute Gasteiger partial charge is 0.492 e. The molecule has 0 spiro atoms. The lowest BCUT2D eigenvalue weighted by Crippen LogP contribution is -2.06. The first-order chi connectivity index (χ1) is 46.1. The van der Waals surface area contributed by atoms with Crippen LogP contribution >= 0.6 is 0 Å². The first kappa shape index (κ1) is 72.4. The second-order valence-corrected chi connectivity index (χ2v) is 24.0. The molecule has 0 radical (unpaired) electrons. The zero-order valence-electron chi connectivity index (χ0n) is 56.5. The zero-order valence-corrected chi connectivity index (χ0v) is 56.5. The van der Waals surface area contributed by atoms with E-state index in [1.807, 2.05) is 72.8 Å². The molecule has 0 aliphatic heterocycles. The summed E-state index contributed by atoms with van der Waals surface area (Å²) >= 11 is 0. The predicted octanol–water partition coefficient (Wildman–Crippen LogP) is 19.7. The Kier molecular flexibility index (Phi) is 35.9. The molecule has 1 aliphatic carbocycles. The maximum absolute atomic E-state index is 6.70. The van der Waals surface area contributed by atoms with E-state index in [4.69, 9.17) is 42.6 Å². The van der Waals surface area contributed by atoms with Crippen molar-refractivity contribution in [3.05, 3.63) is 143 Å². The van der Waals surface area contributed by atoms with Crippen LogP contribution in [0.5, 0.6) is 51.7 Å². The molecule has 498 valence electrons. The molecule has 3 aromatic heterocycles. The van der Waals surface area contributed by atoms with Gasteiger partial charge < -0.3 is 42.6 Å². The van der Waals surface area contributed by atoms with Crippen LogP contribution in [-0.2, 0) is 0 Å². The highest BCUT2D eigenvalue weighted by Crippen LogP contribution is 2.36. The summed E-state index contributed by atoms with van der Waals surface area (Å²) in [6.45, 7) is 11.5. The van der Waals surface area contributed by atoms with Gasteiger partial charge in [0.2, 0.25) is 0 Å². The first-order valence-corrected chi connectivity index (χ1v) is 35.6. The van der Waals surface area contributed by atoms with E-state index in [0.29, 0.717) is 127 Å². The highest BCUT2D eigenvalue weighted by atomic mass is 16.5. The van der Waals surface area contributed by atoms with Gasteiger partial charge in [0.05, 0.1) is 78.1 Å². The maximum Gasteiger partial charge on any atom is 0.162 e. The highest BCUT2D eigenvalue weighted by molar-refractivity contribution is 5.67. The van der Waals surface area contributed by atoms with Crippen LogP contribution in [0.25, 0.3) is 0 Å². The van der Waals surface area contributed by atoms with E-state index in [2.05, 4.69) is 71.2 Å². The van der Waals surface area contributed by atoms with Gasteiger partial charge in [0, 0.05) is 88.4 Å². The molecule has 6 aromatic rings. The second kappa shape index (κ2) is 46.1. The molecule has 1 aliphatic rings. The van der Waals surface area contributed by atoms with Crippen LogP contribution in [0.4, 0.5) is 0 Å². The lowest BCUT2D eigenvalue weighted by Gasteiger charge is -2.16. The summed E-state index contributed by atoms with van der Waals surface area (Å²) in [5, 5.41) is 0. The van der Waals surface area contributed by atoms with Gasteiger partial charge in [-0.2, -0.15) is 0 Å². The number of pyridine rings is 3. The zero-order chi connectivity index (χ0) is 64.7. The van der Waals surface area contributed by atoms with Crippen molar-refractivity contribution in [2.45, 2.75) is 213 Å². The van der Waals surface area contributed by atoms with Gasteiger partial charge in [0.15, 0.2) is 34.5 Å². The van der Waals surface area contributed by atoms with E-state index in [1.54, 1.807) is 37.2 Å². The van der Waals surface area contributed by atoms with Gasteiger partial charge in [0.25, 0.3) is 0 Å². The van der Waals surface area contributed by atoms with Crippen molar-refractivity contribution in [2.75, 3.05) is 59.5 Å². The number of aromatic nitrogens is 3. The second-order valence-electron chi connectivity index (χ2n) is 24.0. The molecule has 0 saturated heterocycles. The minimum absolute atomic E-state index is 0.456. The van der Waals surface area contributed by atoms with Crippen LogP contribution in [0.3, 0.4) is 0 Å². The summed E-state index contributed by atoms with van der Waals surface area (Å²) in [4.78, 5) is 12.6. The van der Waals surface area contributed by atoms with Gasteiger partial charge in [-0.25, -0.2) is 0 Å². The number of rotatable bonds is 51. The summed E-state index contributed by atoms with van der Waals surface area (Å²) in [6.07, 6.45) is 43.9. The quantitative estimate of drug-likeness (QED) is 0.0266. The minimum atomic E-state index is 0.456. The molecule has 7 rings (SSSR count). The van der Waals surface area contributed by atoms with Crippen molar-refractivity contribution < 1.29 is 42.6 Å². The fraction of sp³-hybridized carbons (Fsp3) is 0.519. The van der Waals surface area contributed by atoms with Crippen LogP contribution in [0.15, 0.2) is 110 Å². The van der Waals surface area contributed by atoms with E-state index in [9.17, 15) is 0 Å². The lowest BCUT2D eigenvalue weighted by molar-refractivity contribution is 0.245. The standard InChI is InChI=1S/C81H105N3O9/c1-4-7-10-13-16-19-22-25-52-88-76-58-67-40-43-71-62-80(92-56-32-29-50-86-74-38-35-47-83-65-74)78(90-54-27-24-21-18-15-12-9-6-3)60-69(71)42-45-72-63-81(93-57-33-30-51-87-75-39-36-48-84-66-75)77(89-53-26-23-20-17-14-11-8-5-2)59-68(72)41-44-70(67)61-79(76)91-55-31-28-49-85-73-37-34-46-82-64-73/h34-39,46-48,58-66H,4-33,49-57H2,1-3H3. The number of nitrogens with zero attached hydrogens (tertiary/aromatic N) is 3. The molecule has 3 aromatic carbocycles. The summed E-state index contributed by atoms with van der Waals surface area (Å²) in [5.41, 5.74) is 4.21. The van der Waals surface area contributed by atoms with Crippen LogP contribution in [0, 0.1) is 35.5 Å². The normalized spacial score (nSPS) is 11.1. The number of ether oxygens (including phenoxy) is 9. The summed E-state index contributed by atoms with van der Waals surface area (Å²) < 4.78 is 58.1. The fourth-order valence-electron chi connectivity index (χ4n) is 10.7. The van der Waals surface area contributed by atoms with Crippen LogP contribution < -0.4 is 42.6 Å². The molecule has 0 fully saturated rings. The van der Waals surface area contributed by atoms with Crippen LogP contribution in [0.2, 0.25) is 0 Å². The Morgan fingerprint density at radius 3 is 0.613 bits per heavy atom. The van der Waals surface area contributed by atoms with Gasteiger partial charge in [-0.05, 0) is 94.2 Å². The molecular formula is C81H105N3O9. The summed E-state index contributed by atoms with van der Waals surface area (Å²) in [6, 6.07) is 23.4. The molecule has 0 bridgehead atoms. The topological polar surface area (TPSA) is 122 Å². The SMILES string of the molecule is CCCCCCCCCCOc1cc2c(cc1OCCCCOc1cccnc1)C#Cc1cc(OCCCCCCCCCC)c(OCCCCOc3cccnc3)cc1C#Cc1cc(OCCCCCCCCCC)c(OCCCCOc3cccnc3)cc1C#C2. The highest BCUT2D eigenvalue weighted by Gasteiger charge is 2.17. The van der Waals surface area contributed by atoms with Crippen LogP contribution in [0.1, 0.15) is 247 Å². The first-order valence-electron chi connectivity index (χ1n) is 35.6. The fourth-order valence-corrected chi connectivity index (χ4v) is 10.7. The van der Waals surface area contributed by atoms with Crippen LogP contribution in [-0.4, -0.2) is 74.4 Å². The Bertz CT molecular complexity index is 2860. The van der Waals surface area contributed by atoms with Crippen molar-refractivity contribution >= 4 is 0 Å². The Balaban J connectivity index is 1.24. The van der Waals surface area contributed by atoms with E-state index in [-0.39, 0.29) is 0 Å². The Labute approximate surface area is 558 Å². The van der Waals surface area contributed by atoms with E-state index in [1.165, 1.54) is 116 Å². The Morgan fingerprint density at radius 1 is 0.237 bits per heavy atom. The minimum Gasteiger partial charge on any atom is -0.492 e. The molecular weight excluding hydrogens is 1160 g/mol. The van der Waals surface area contributed by atoms with Gasteiger partial charge in [-0.1, -0.05) is 191 Å². The molecule has 0 N–H and O–H groups in total. The Hall–Kier alpha value is -8.01. The van der Waals surface area contributed by atoms with Crippen molar-refractivity contribution in [1.29, 1.82) is 0 Å². The number of hydrogen-bond donors (Lipinski definition) is 0. The number of fused-ring (bicyclic) bond motifs is 3. The monoisotopic (exact) mass is 1260 g/mol. The molecule has 0 amide bonds.